The maximum Gasteiger partial charge on any atom is 0.413 e. The van der Waals surface area contributed by atoms with Gasteiger partial charge >= 0.3 is 6.18 Å². The zero-order valence-corrected chi connectivity index (χ0v) is 21.9. The first kappa shape index (κ1) is 25.5. The molecule has 3 unspecified atom stereocenters. The molecule has 38 heavy (non-hydrogen) atoms. The van der Waals surface area contributed by atoms with Gasteiger partial charge in [-0.3, -0.25) is 9.00 Å². The minimum atomic E-state index is -4.66. The number of nitrogens with zero attached hydrogens (tertiary/aromatic N) is 4. The Kier molecular flexibility index (Phi) is 5.93. The normalized spacial score (nSPS) is 29.4. The SMILES string of the molecule is CN(C(=O)C1CCS(=O)CC1)C(c1ccc(C2c3cnc4cc(F)nn4c3[C@]3(C)CCC23)cc1)C(F)(F)F. The van der Waals surface area contributed by atoms with Gasteiger partial charge in [-0.05, 0) is 42.7 Å². The van der Waals surface area contributed by atoms with Crippen LogP contribution in [0.25, 0.3) is 5.65 Å². The molecule has 2 fully saturated rings. The third-order valence-electron chi connectivity index (χ3n) is 8.95. The van der Waals surface area contributed by atoms with Crippen LogP contribution < -0.4 is 0 Å². The van der Waals surface area contributed by atoms with Crippen molar-refractivity contribution in [2.75, 3.05) is 18.6 Å². The Morgan fingerprint density at radius 2 is 1.87 bits per heavy atom. The summed E-state index contributed by atoms with van der Waals surface area (Å²) in [7, 11) is 0.195. The summed E-state index contributed by atoms with van der Waals surface area (Å²) >= 11 is 0. The summed E-state index contributed by atoms with van der Waals surface area (Å²) in [6.45, 7) is 2.13. The van der Waals surface area contributed by atoms with Crippen molar-refractivity contribution in [3.05, 3.63) is 64.9 Å². The maximum absolute atomic E-state index is 14.3. The van der Waals surface area contributed by atoms with Gasteiger partial charge < -0.3 is 4.90 Å². The van der Waals surface area contributed by atoms with Crippen LogP contribution in [0.15, 0.2) is 36.5 Å². The van der Waals surface area contributed by atoms with E-state index < -0.39 is 40.8 Å². The van der Waals surface area contributed by atoms with Crippen LogP contribution in [0, 0.1) is 17.8 Å². The molecule has 11 heteroatoms. The van der Waals surface area contributed by atoms with Gasteiger partial charge in [0.1, 0.15) is 0 Å². The number of halogens is 4. The van der Waals surface area contributed by atoms with Gasteiger partial charge in [-0.2, -0.15) is 17.6 Å². The average Bonchev–Trinajstić information content (AvgIpc) is 3.32. The highest BCUT2D eigenvalue weighted by atomic mass is 32.2. The first-order chi connectivity index (χ1) is 18.0. The number of hydrogen-bond donors (Lipinski definition) is 0. The molecule has 1 amide bonds. The molecule has 3 heterocycles. The number of alkyl halides is 3. The van der Waals surface area contributed by atoms with E-state index in [4.69, 9.17) is 0 Å². The molecule has 2 aromatic heterocycles. The third kappa shape index (κ3) is 3.87. The van der Waals surface area contributed by atoms with Crippen molar-refractivity contribution in [1.82, 2.24) is 19.5 Å². The lowest BCUT2D eigenvalue weighted by Crippen LogP contribution is -2.44. The van der Waals surface area contributed by atoms with Crippen molar-refractivity contribution in [3.8, 4) is 0 Å². The minimum absolute atomic E-state index is 0.00574. The molecule has 1 saturated heterocycles. The summed E-state index contributed by atoms with van der Waals surface area (Å²) in [5.41, 5.74) is 2.92. The Bertz CT molecular complexity index is 1430. The fourth-order valence-corrected chi connectivity index (χ4v) is 8.19. The van der Waals surface area contributed by atoms with E-state index in [0.717, 1.165) is 34.6 Å². The van der Waals surface area contributed by atoms with E-state index in [1.165, 1.54) is 25.2 Å². The van der Waals surface area contributed by atoms with Gasteiger partial charge in [-0.15, -0.1) is 5.10 Å². The molecule has 1 aliphatic heterocycles. The predicted molar refractivity (Wildman–Crippen MR) is 133 cm³/mol. The van der Waals surface area contributed by atoms with E-state index in [1.807, 2.05) is 0 Å². The van der Waals surface area contributed by atoms with Crippen molar-refractivity contribution >= 4 is 22.4 Å². The summed E-state index contributed by atoms with van der Waals surface area (Å²) in [5, 5.41) is 4.03. The molecule has 2 aliphatic carbocycles. The average molecular weight is 549 g/mol. The number of hydrogen-bond acceptors (Lipinski definition) is 4. The number of carbonyl (C=O) groups is 1. The topological polar surface area (TPSA) is 67.6 Å². The summed E-state index contributed by atoms with van der Waals surface area (Å²) in [4.78, 5) is 18.2. The number of rotatable bonds is 4. The summed E-state index contributed by atoms with van der Waals surface area (Å²) < 4.78 is 70.0. The standard InChI is InChI=1S/C27H28F4N4O2S/c1-26-10-7-19(26)22(18-14-32-21-13-20(28)33-35(21)24(18)26)15-3-5-16(6-4-15)23(27(29,30)31)34(2)25(36)17-8-11-38(37)12-9-17/h3-6,13-14,17,19,22-23H,7-12H2,1-2H3/t17?,19?,22?,23?,26-,38?/m1/s1. The van der Waals surface area contributed by atoms with Crippen LogP contribution in [0.1, 0.15) is 67.0 Å². The second kappa shape index (κ2) is 8.86. The van der Waals surface area contributed by atoms with Crippen LogP contribution in [0.4, 0.5) is 17.6 Å². The van der Waals surface area contributed by atoms with Crippen LogP contribution in [0.3, 0.4) is 0 Å². The molecule has 202 valence electrons. The lowest BCUT2D eigenvalue weighted by molar-refractivity contribution is -0.190. The van der Waals surface area contributed by atoms with E-state index in [2.05, 4.69) is 17.0 Å². The zero-order valence-electron chi connectivity index (χ0n) is 21.0. The van der Waals surface area contributed by atoms with Crippen molar-refractivity contribution in [3.63, 3.8) is 0 Å². The molecule has 1 saturated carbocycles. The summed E-state index contributed by atoms with van der Waals surface area (Å²) in [6.07, 6.45) is -0.384. The summed E-state index contributed by atoms with van der Waals surface area (Å²) in [5.74, 6) is -0.919. The Morgan fingerprint density at radius 3 is 2.47 bits per heavy atom. The monoisotopic (exact) mass is 548 g/mol. The fraction of sp³-hybridized carbons (Fsp3) is 0.519. The first-order valence-electron chi connectivity index (χ1n) is 12.8. The van der Waals surface area contributed by atoms with Crippen LogP contribution in [0.5, 0.6) is 0 Å². The van der Waals surface area contributed by atoms with Crippen molar-refractivity contribution < 1.29 is 26.6 Å². The summed E-state index contributed by atoms with van der Waals surface area (Å²) in [6, 6.07) is 5.56. The molecule has 0 bridgehead atoms. The smallest absolute Gasteiger partial charge is 0.330 e. The lowest BCUT2D eigenvalue weighted by Gasteiger charge is -2.44. The number of amides is 1. The highest BCUT2D eigenvalue weighted by Gasteiger charge is 2.57. The van der Waals surface area contributed by atoms with Crippen LogP contribution in [-0.2, 0) is 21.0 Å². The zero-order chi connectivity index (χ0) is 27.0. The van der Waals surface area contributed by atoms with Gasteiger partial charge in [0.05, 0.1) is 5.69 Å². The number of fused-ring (bicyclic) bond motifs is 5. The van der Waals surface area contributed by atoms with E-state index in [0.29, 0.717) is 30.0 Å². The maximum atomic E-state index is 14.3. The third-order valence-corrected chi connectivity index (χ3v) is 10.3. The molecule has 0 spiro atoms. The Labute approximate surface area is 219 Å². The van der Waals surface area contributed by atoms with Gasteiger partial charge in [0, 0.05) is 64.4 Å². The molecule has 0 N–H and O–H groups in total. The predicted octanol–water partition coefficient (Wildman–Crippen LogP) is 4.90. The Morgan fingerprint density at radius 1 is 1.18 bits per heavy atom. The van der Waals surface area contributed by atoms with E-state index in [1.54, 1.807) is 22.8 Å². The molecular weight excluding hydrogens is 520 g/mol. The van der Waals surface area contributed by atoms with Crippen molar-refractivity contribution in [1.29, 1.82) is 0 Å². The Balaban J connectivity index is 1.32. The molecular formula is C27H28F4N4O2S. The lowest BCUT2D eigenvalue weighted by atomic mass is 9.59. The molecule has 4 atom stereocenters. The van der Waals surface area contributed by atoms with Crippen molar-refractivity contribution in [2.45, 2.75) is 56.2 Å². The van der Waals surface area contributed by atoms with Gasteiger partial charge in [0.15, 0.2) is 11.7 Å². The molecule has 3 aromatic rings. The molecule has 6 rings (SSSR count). The molecule has 6 nitrogen and oxygen atoms in total. The van der Waals surface area contributed by atoms with Gasteiger partial charge in [-0.25, -0.2) is 9.50 Å². The number of aromatic nitrogens is 3. The van der Waals surface area contributed by atoms with Crippen LogP contribution >= 0.6 is 0 Å². The minimum Gasteiger partial charge on any atom is -0.330 e. The first-order valence-corrected chi connectivity index (χ1v) is 14.3. The van der Waals surface area contributed by atoms with Crippen LogP contribution in [0.2, 0.25) is 0 Å². The highest BCUT2D eigenvalue weighted by Crippen LogP contribution is 2.63. The highest BCUT2D eigenvalue weighted by molar-refractivity contribution is 7.85. The Hall–Kier alpha value is -2.82. The van der Waals surface area contributed by atoms with E-state index in [9.17, 15) is 26.6 Å². The fourth-order valence-electron chi connectivity index (χ4n) is 6.89. The number of benzene rings is 1. The van der Waals surface area contributed by atoms with E-state index >= 15 is 0 Å². The van der Waals surface area contributed by atoms with E-state index in [-0.39, 0.29) is 22.8 Å². The second-order valence-electron chi connectivity index (χ2n) is 11.0. The molecule has 1 aromatic carbocycles. The van der Waals surface area contributed by atoms with Crippen molar-refractivity contribution in [2.24, 2.45) is 11.8 Å². The number of carbonyl (C=O) groups excluding carboxylic acids is 1. The molecule has 3 aliphatic rings. The quantitative estimate of drug-likeness (QED) is 0.435. The second-order valence-corrected chi connectivity index (χ2v) is 12.7. The van der Waals surface area contributed by atoms with Gasteiger partial charge in [0.25, 0.3) is 0 Å². The van der Waals surface area contributed by atoms with Gasteiger partial charge in [-0.1, -0.05) is 31.2 Å². The molecule has 0 radical (unpaired) electrons. The largest absolute Gasteiger partial charge is 0.413 e. The van der Waals surface area contributed by atoms with Gasteiger partial charge in [0.2, 0.25) is 11.9 Å². The van der Waals surface area contributed by atoms with Crippen LogP contribution in [-0.4, -0.2) is 54.3 Å².